The van der Waals surface area contributed by atoms with Gasteiger partial charge in [-0.15, -0.1) is 0 Å². The van der Waals surface area contributed by atoms with Crippen molar-refractivity contribution in [3.05, 3.63) is 51.3 Å². The van der Waals surface area contributed by atoms with Crippen LogP contribution in [0.4, 0.5) is 11.8 Å². The molecule has 0 fully saturated rings. The van der Waals surface area contributed by atoms with E-state index >= 15 is 0 Å². The van der Waals surface area contributed by atoms with Gasteiger partial charge in [0.15, 0.2) is 0 Å². The number of hydrogen-bond donors (Lipinski definition) is 7. The second kappa shape index (κ2) is 10.8. The van der Waals surface area contributed by atoms with Crippen LogP contribution in [0.25, 0.3) is 0 Å². The lowest BCUT2D eigenvalue weighted by Gasteiger charge is -2.27. The number of aromatic nitrogens is 2. The van der Waals surface area contributed by atoms with E-state index in [9.17, 15) is 29.4 Å². The van der Waals surface area contributed by atoms with Crippen molar-refractivity contribution in [3.8, 4) is 0 Å². The number of benzene rings is 1. The number of amides is 1. The van der Waals surface area contributed by atoms with Gasteiger partial charge >= 0.3 is 11.9 Å². The third-order valence-corrected chi connectivity index (χ3v) is 5.82. The third kappa shape index (κ3) is 6.10. The molecule has 1 aromatic heterocycles. The number of anilines is 2. The predicted molar refractivity (Wildman–Crippen MR) is 122 cm³/mol. The van der Waals surface area contributed by atoms with Crippen LogP contribution in [-0.2, 0) is 16.0 Å². The summed E-state index contributed by atoms with van der Waals surface area (Å²) in [5.41, 5.74) is 6.80. The highest BCUT2D eigenvalue weighted by molar-refractivity contribution is 5.96. The summed E-state index contributed by atoms with van der Waals surface area (Å²) < 4.78 is 0. The fourth-order valence-corrected chi connectivity index (χ4v) is 4.01. The second-order valence-electron chi connectivity index (χ2n) is 8.26. The number of carbonyl (C=O) groups is 3. The van der Waals surface area contributed by atoms with E-state index in [2.05, 4.69) is 20.6 Å². The van der Waals surface area contributed by atoms with Crippen LogP contribution in [0.3, 0.4) is 0 Å². The number of aliphatic hydroxyl groups excluding tert-OH is 1. The molecule has 3 rings (SSSR count). The lowest BCUT2D eigenvalue weighted by molar-refractivity contribution is -0.140. The lowest BCUT2D eigenvalue weighted by atomic mass is 9.84. The van der Waals surface area contributed by atoms with Crippen LogP contribution in [0.15, 0.2) is 29.1 Å². The van der Waals surface area contributed by atoms with Gasteiger partial charge in [0.2, 0.25) is 5.95 Å². The van der Waals surface area contributed by atoms with Crippen LogP contribution in [0, 0.1) is 5.92 Å². The third-order valence-electron chi connectivity index (χ3n) is 5.82. The molecule has 34 heavy (non-hydrogen) atoms. The molecule has 0 radical (unpaired) electrons. The molecule has 0 saturated carbocycles. The number of carboxylic acids is 2. The van der Waals surface area contributed by atoms with Crippen molar-refractivity contribution in [3.63, 3.8) is 0 Å². The fourth-order valence-electron chi connectivity index (χ4n) is 4.01. The second-order valence-corrected chi connectivity index (χ2v) is 8.26. The molecular formula is C22H27N5O7. The standard InChI is InChI=1S/C22H27N5O7/c23-22-26-18-15(20(32)27-22)8-11(9-24-18)7-14(10-28)12-1-3-13(4-2-12)19(31)25-16(21(33)34)5-6-17(29)30/h1-4,11,14,16,28H,5-10H2,(H,25,31)(H,29,30)(H,33,34)(H4,23,24,26,27,32)/t11-,14?,16+/m1/s1. The van der Waals surface area contributed by atoms with Crippen molar-refractivity contribution in [2.24, 2.45) is 5.92 Å². The van der Waals surface area contributed by atoms with Crippen LogP contribution < -0.4 is 21.9 Å². The van der Waals surface area contributed by atoms with Gasteiger partial charge in [-0.2, -0.15) is 4.98 Å². The first-order chi connectivity index (χ1) is 16.2. The SMILES string of the molecule is Nc1nc2c(c(=O)[nH]1)C[C@@H](CC(CO)c1ccc(C(=O)N[C@@H](CCC(=O)O)C(=O)O)cc1)CN2. The van der Waals surface area contributed by atoms with Crippen LogP contribution in [-0.4, -0.2) is 62.3 Å². The minimum absolute atomic E-state index is 0.0450. The number of fused-ring (bicyclic) bond motifs is 1. The minimum Gasteiger partial charge on any atom is -0.481 e. The van der Waals surface area contributed by atoms with Crippen LogP contribution in [0.5, 0.6) is 0 Å². The number of nitrogen functional groups attached to an aromatic ring is 1. The molecule has 1 amide bonds. The topological polar surface area (TPSA) is 208 Å². The summed E-state index contributed by atoms with van der Waals surface area (Å²) in [6, 6.07) is 5.09. The Hall–Kier alpha value is -3.93. The van der Waals surface area contributed by atoms with E-state index in [0.717, 1.165) is 5.56 Å². The van der Waals surface area contributed by atoms with Gasteiger partial charge in [-0.25, -0.2) is 4.79 Å². The van der Waals surface area contributed by atoms with Crippen molar-refractivity contribution < 1.29 is 29.7 Å². The summed E-state index contributed by atoms with van der Waals surface area (Å²) in [5, 5.41) is 33.3. The van der Waals surface area contributed by atoms with Crippen LogP contribution >= 0.6 is 0 Å². The quantitative estimate of drug-likeness (QED) is 0.248. The molecule has 1 aliphatic rings. The molecule has 1 aliphatic heterocycles. The number of aliphatic carboxylic acids is 2. The number of nitrogens with one attached hydrogen (secondary N) is 3. The van der Waals surface area contributed by atoms with Crippen molar-refractivity contribution in [1.82, 2.24) is 15.3 Å². The number of nitrogens with two attached hydrogens (primary N) is 1. The van der Waals surface area contributed by atoms with Gasteiger partial charge in [-0.3, -0.25) is 19.4 Å². The Labute approximate surface area is 194 Å². The molecule has 12 nitrogen and oxygen atoms in total. The highest BCUT2D eigenvalue weighted by Crippen LogP contribution is 2.29. The molecule has 3 atom stereocenters. The highest BCUT2D eigenvalue weighted by Gasteiger charge is 2.26. The molecule has 1 aromatic carbocycles. The molecule has 1 unspecified atom stereocenters. The lowest BCUT2D eigenvalue weighted by Crippen LogP contribution is -2.41. The Morgan fingerprint density at radius 3 is 2.53 bits per heavy atom. The molecule has 0 aliphatic carbocycles. The molecule has 0 saturated heterocycles. The average Bonchev–Trinajstić information content (AvgIpc) is 2.80. The van der Waals surface area contributed by atoms with Gasteiger partial charge in [0.25, 0.3) is 11.5 Å². The number of rotatable bonds is 10. The zero-order chi connectivity index (χ0) is 24.8. The zero-order valence-corrected chi connectivity index (χ0v) is 18.3. The van der Waals surface area contributed by atoms with Gasteiger partial charge in [-0.1, -0.05) is 12.1 Å². The molecule has 8 N–H and O–H groups in total. The van der Waals surface area contributed by atoms with Gasteiger partial charge in [0.05, 0.1) is 5.56 Å². The van der Waals surface area contributed by atoms with Crippen molar-refractivity contribution in [2.45, 2.75) is 37.6 Å². The summed E-state index contributed by atoms with van der Waals surface area (Å²) >= 11 is 0. The predicted octanol–water partition coefficient (Wildman–Crippen LogP) is 0.150. The van der Waals surface area contributed by atoms with E-state index in [1.165, 1.54) is 12.1 Å². The maximum absolute atomic E-state index is 12.4. The summed E-state index contributed by atoms with van der Waals surface area (Å²) in [7, 11) is 0. The first-order valence-electron chi connectivity index (χ1n) is 10.8. The molecule has 12 heteroatoms. The molecule has 0 spiro atoms. The Balaban J connectivity index is 1.64. The van der Waals surface area contributed by atoms with Gasteiger partial charge < -0.3 is 31.7 Å². The summed E-state index contributed by atoms with van der Waals surface area (Å²) in [4.78, 5) is 53.2. The maximum Gasteiger partial charge on any atom is 0.326 e. The molecule has 2 aromatic rings. The number of aromatic amines is 1. The van der Waals surface area contributed by atoms with E-state index in [4.69, 9.17) is 10.8 Å². The molecular weight excluding hydrogens is 446 g/mol. The molecule has 0 bridgehead atoms. The van der Waals surface area contributed by atoms with Gasteiger partial charge in [0.1, 0.15) is 11.9 Å². The summed E-state index contributed by atoms with van der Waals surface area (Å²) in [5.74, 6) is -2.77. The monoisotopic (exact) mass is 473 g/mol. The van der Waals surface area contributed by atoms with Crippen LogP contribution in [0.1, 0.15) is 46.7 Å². The van der Waals surface area contributed by atoms with Gasteiger partial charge in [0, 0.05) is 31.1 Å². The summed E-state index contributed by atoms with van der Waals surface area (Å²) in [6.07, 6.45) is 0.443. The Kier molecular flexibility index (Phi) is 7.84. The number of carboxylic acid groups (broad SMARTS) is 2. The normalized spacial score (nSPS) is 16.6. The first kappa shape index (κ1) is 24.7. The van der Waals surface area contributed by atoms with Gasteiger partial charge in [-0.05, 0) is 42.9 Å². The van der Waals surface area contributed by atoms with E-state index in [-0.39, 0.29) is 48.4 Å². The van der Waals surface area contributed by atoms with E-state index < -0.39 is 23.9 Å². The van der Waals surface area contributed by atoms with E-state index in [1.54, 1.807) is 12.1 Å². The molecule has 2 heterocycles. The largest absolute Gasteiger partial charge is 0.481 e. The van der Waals surface area contributed by atoms with Crippen molar-refractivity contribution in [1.29, 1.82) is 0 Å². The number of aliphatic hydroxyl groups is 1. The fraction of sp³-hybridized carbons (Fsp3) is 0.409. The number of carbonyl (C=O) groups excluding carboxylic acids is 1. The number of H-pyrrole nitrogens is 1. The minimum atomic E-state index is -1.32. The average molecular weight is 473 g/mol. The first-order valence-corrected chi connectivity index (χ1v) is 10.8. The zero-order valence-electron chi connectivity index (χ0n) is 18.3. The highest BCUT2D eigenvalue weighted by atomic mass is 16.4. The summed E-state index contributed by atoms with van der Waals surface area (Å²) in [6.45, 7) is 0.425. The Bertz CT molecular complexity index is 1120. The van der Waals surface area contributed by atoms with Crippen LogP contribution in [0.2, 0.25) is 0 Å². The Morgan fingerprint density at radius 2 is 1.91 bits per heavy atom. The molecule has 182 valence electrons. The number of hydrogen-bond acceptors (Lipinski definition) is 8. The smallest absolute Gasteiger partial charge is 0.326 e. The van der Waals surface area contributed by atoms with E-state index in [1.807, 2.05) is 0 Å². The Morgan fingerprint density at radius 1 is 1.21 bits per heavy atom. The van der Waals surface area contributed by atoms with Crippen molar-refractivity contribution >= 4 is 29.6 Å². The number of nitrogens with zero attached hydrogens (tertiary/aromatic N) is 1. The maximum atomic E-state index is 12.4. The van der Waals surface area contributed by atoms with E-state index in [0.29, 0.717) is 30.8 Å². The van der Waals surface area contributed by atoms with Crippen molar-refractivity contribution in [2.75, 3.05) is 24.2 Å².